The van der Waals surface area contributed by atoms with E-state index in [0.29, 0.717) is 17.3 Å². The summed E-state index contributed by atoms with van der Waals surface area (Å²) in [6.45, 7) is 0. The van der Waals surface area contributed by atoms with Crippen molar-refractivity contribution in [2.24, 2.45) is 0 Å². The molecule has 0 aliphatic carbocycles. The summed E-state index contributed by atoms with van der Waals surface area (Å²) in [5, 5.41) is 22.4. The second-order valence-corrected chi connectivity index (χ2v) is 7.32. The Balaban J connectivity index is 1.88. The molecule has 162 valence electrons. The lowest BCUT2D eigenvalue weighted by Gasteiger charge is -2.14. The van der Waals surface area contributed by atoms with Crippen LogP contribution in [-0.4, -0.2) is 21.6 Å². The minimum atomic E-state index is -4.79. The van der Waals surface area contributed by atoms with Crippen LogP contribution >= 0.6 is 11.8 Å². The van der Waals surface area contributed by atoms with E-state index in [1.807, 2.05) is 0 Å². The number of anilines is 1. The minimum Gasteiger partial charge on any atom is -0.325 e. The third kappa shape index (κ3) is 5.41. The van der Waals surface area contributed by atoms with Gasteiger partial charge in [-0.1, -0.05) is 48.2 Å². The van der Waals surface area contributed by atoms with E-state index in [0.717, 1.165) is 12.1 Å². The van der Waals surface area contributed by atoms with Crippen LogP contribution in [0.3, 0.4) is 0 Å². The number of non-ortho nitro benzene ring substituents is 1. The summed E-state index contributed by atoms with van der Waals surface area (Å²) in [6.07, 6.45) is -4.79. The molecule has 2 aromatic carbocycles. The number of amides is 1. The van der Waals surface area contributed by atoms with Crippen molar-refractivity contribution in [1.82, 2.24) is 4.98 Å². The number of alkyl halides is 3. The molecule has 0 atom stereocenters. The highest BCUT2D eigenvalue weighted by atomic mass is 32.2. The second kappa shape index (κ2) is 9.49. The highest BCUT2D eigenvalue weighted by Crippen LogP contribution is 2.38. The van der Waals surface area contributed by atoms with Gasteiger partial charge in [0, 0.05) is 23.4 Å². The van der Waals surface area contributed by atoms with E-state index in [1.165, 1.54) is 24.3 Å². The van der Waals surface area contributed by atoms with E-state index in [2.05, 4.69) is 10.3 Å². The number of thioether (sulfide) groups is 1. The van der Waals surface area contributed by atoms with Crippen molar-refractivity contribution in [3.05, 3.63) is 81.9 Å². The smallest absolute Gasteiger partial charge is 0.325 e. The van der Waals surface area contributed by atoms with Gasteiger partial charge in [-0.15, -0.1) is 0 Å². The van der Waals surface area contributed by atoms with E-state index < -0.39 is 28.1 Å². The highest BCUT2D eigenvalue weighted by molar-refractivity contribution is 8.00. The van der Waals surface area contributed by atoms with Gasteiger partial charge >= 0.3 is 6.18 Å². The quantitative estimate of drug-likeness (QED) is 0.306. The molecule has 1 aromatic heterocycles. The lowest BCUT2D eigenvalue weighted by Crippen LogP contribution is -2.15. The number of nitro benzene ring substituents is 1. The van der Waals surface area contributed by atoms with E-state index in [1.54, 1.807) is 30.3 Å². The number of aromatic nitrogens is 1. The van der Waals surface area contributed by atoms with Gasteiger partial charge in [0.05, 0.1) is 27.5 Å². The average Bonchev–Trinajstić information content (AvgIpc) is 2.77. The molecule has 3 rings (SSSR count). The Kier molecular flexibility index (Phi) is 6.75. The molecular weight excluding hydrogens is 445 g/mol. The predicted molar refractivity (Wildman–Crippen MR) is 112 cm³/mol. The van der Waals surface area contributed by atoms with Crippen LogP contribution in [0.4, 0.5) is 24.5 Å². The molecule has 1 N–H and O–H groups in total. The fourth-order valence-electron chi connectivity index (χ4n) is 2.74. The molecule has 1 amide bonds. The molecule has 0 spiro atoms. The zero-order valence-electron chi connectivity index (χ0n) is 16.1. The lowest BCUT2D eigenvalue weighted by atomic mass is 10.1. The van der Waals surface area contributed by atoms with Gasteiger partial charge in [-0.05, 0) is 12.1 Å². The van der Waals surface area contributed by atoms with Crippen LogP contribution in [0.15, 0.2) is 65.7 Å². The zero-order chi connectivity index (χ0) is 23.3. The van der Waals surface area contributed by atoms with Crippen LogP contribution in [0.5, 0.6) is 0 Å². The molecule has 32 heavy (non-hydrogen) atoms. The fraction of sp³-hybridized carbons (Fsp3) is 0.0952. The number of nitrogens with one attached hydrogen (secondary N) is 1. The van der Waals surface area contributed by atoms with E-state index >= 15 is 0 Å². The Labute approximate surface area is 184 Å². The van der Waals surface area contributed by atoms with Crippen molar-refractivity contribution in [2.45, 2.75) is 11.2 Å². The molecule has 7 nitrogen and oxygen atoms in total. The maximum absolute atomic E-state index is 13.6. The van der Waals surface area contributed by atoms with Crippen molar-refractivity contribution < 1.29 is 22.9 Å². The maximum atomic E-state index is 13.6. The number of hydrogen-bond donors (Lipinski definition) is 1. The van der Waals surface area contributed by atoms with Crippen LogP contribution in [0.2, 0.25) is 0 Å². The first-order chi connectivity index (χ1) is 15.2. The molecule has 0 saturated carbocycles. The summed E-state index contributed by atoms with van der Waals surface area (Å²) in [6, 6.07) is 15.7. The average molecular weight is 458 g/mol. The number of nitriles is 1. The van der Waals surface area contributed by atoms with Crippen molar-refractivity contribution in [1.29, 1.82) is 5.26 Å². The van der Waals surface area contributed by atoms with Crippen LogP contribution in [0.25, 0.3) is 11.3 Å². The number of rotatable bonds is 6. The first-order valence-electron chi connectivity index (χ1n) is 8.94. The van der Waals surface area contributed by atoms with Crippen molar-refractivity contribution >= 4 is 29.0 Å². The summed E-state index contributed by atoms with van der Waals surface area (Å²) in [7, 11) is 0. The largest absolute Gasteiger partial charge is 0.417 e. The molecule has 0 radical (unpaired) electrons. The highest BCUT2D eigenvalue weighted by Gasteiger charge is 2.36. The normalized spacial score (nSPS) is 10.9. The lowest BCUT2D eigenvalue weighted by molar-refractivity contribution is -0.384. The SMILES string of the molecule is N#Cc1c(C(F)(F)F)cc(-c2ccccc2)nc1SCC(=O)Nc1cccc([N+](=O)[O-])c1. The van der Waals surface area contributed by atoms with Crippen LogP contribution in [-0.2, 0) is 11.0 Å². The Morgan fingerprint density at radius 3 is 2.50 bits per heavy atom. The predicted octanol–water partition coefficient (Wildman–Crippen LogP) is 5.28. The van der Waals surface area contributed by atoms with Crippen LogP contribution in [0, 0.1) is 21.4 Å². The van der Waals surface area contributed by atoms with E-state index in [4.69, 9.17) is 0 Å². The molecule has 11 heteroatoms. The Bertz CT molecular complexity index is 1210. The van der Waals surface area contributed by atoms with Gasteiger partial charge in [-0.3, -0.25) is 14.9 Å². The number of nitrogens with zero attached hydrogens (tertiary/aromatic N) is 3. The zero-order valence-corrected chi connectivity index (χ0v) is 16.9. The van der Waals surface area contributed by atoms with Gasteiger partial charge in [-0.25, -0.2) is 4.98 Å². The number of benzene rings is 2. The monoisotopic (exact) mass is 458 g/mol. The second-order valence-electron chi connectivity index (χ2n) is 6.36. The number of carbonyl (C=O) groups is 1. The third-order valence-corrected chi connectivity index (χ3v) is 5.13. The van der Waals surface area contributed by atoms with Gasteiger partial charge in [0.25, 0.3) is 5.69 Å². The topological polar surface area (TPSA) is 109 Å². The number of nitro groups is 1. The molecule has 0 bridgehead atoms. The summed E-state index contributed by atoms with van der Waals surface area (Å²) >= 11 is 0.669. The number of pyridine rings is 1. The molecule has 0 unspecified atom stereocenters. The van der Waals surface area contributed by atoms with Crippen LogP contribution < -0.4 is 5.32 Å². The standard InChI is InChI=1S/C21H13F3N4O3S/c22-21(23,24)17-10-18(13-5-2-1-3-6-13)27-20(16(17)11-25)32-12-19(29)26-14-7-4-8-15(9-14)28(30)31/h1-10H,12H2,(H,26,29). The first-order valence-corrected chi connectivity index (χ1v) is 9.92. The van der Waals surface area contributed by atoms with E-state index in [9.17, 15) is 33.3 Å². The Morgan fingerprint density at radius 1 is 1.16 bits per heavy atom. The molecule has 0 fully saturated rings. The third-order valence-electron chi connectivity index (χ3n) is 4.15. The first kappa shape index (κ1) is 22.8. The van der Waals surface area contributed by atoms with Gasteiger partial charge in [0.1, 0.15) is 11.1 Å². The summed E-state index contributed by atoms with van der Waals surface area (Å²) in [4.78, 5) is 26.7. The summed E-state index contributed by atoms with van der Waals surface area (Å²) in [5.74, 6) is -0.986. The van der Waals surface area contributed by atoms with E-state index in [-0.39, 0.29) is 27.8 Å². The van der Waals surface area contributed by atoms with Crippen LogP contribution in [0.1, 0.15) is 11.1 Å². The molecule has 0 aliphatic rings. The summed E-state index contributed by atoms with van der Waals surface area (Å²) in [5.41, 5.74) is -1.45. The van der Waals surface area contributed by atoms with Gasteiger partial charge in [0.2, 0.25) is 5.91 Å². The van der Waals surface area contributed by atoms with Crippen molar-refractivity contribution in [3.8, 4) is 17.3 Å². The molecule has 3 aromatic rings. The number of hydrogen-bond acceptors (Lipinski definition) is 6. The molecule has 0 saturated heterocycles. The molecular formula is C21H13F3N4O3S. The Hall–Kier alpha value is -3.91. The summed E-state index contributed by atoms with van der Waals surface area (Å²) < 4.78 is 40.7. The maximum Gasteiger partial charge on any atom is 0.417 e. The Morgan fingerprint density at radius 2 is 1.88 bits per heavy atom. The van der Waals surface area contributed by atoms with Gasteiger partial charge in [0.15, 0.2) is 0 Å². The van der Waals surface area contributed by atoms with Crippen molar-refractivity contribution in [2.75, 3.05) is 11.1 Å². The minimum absolute atomic E-state index is 0.0125. The molecule has 0 aliphatic heterocycles. The van der Waals surface area contributed by atoms with Gasteiger partial charge in [-0.2, -0.15) is 18.4 Å². The molecule has 1 heterocycles. The fourth-order valence-corrected chi connectivity index (χ4v) is 3.55. The van der Waals surface area contributed by atoms with Crippen molar-refractivity contribution in [3.63, 3.8) is 0 Å². The number of halogens is 3. The van der Waals surface area contributed by atoms with Gasteiger partial charge < -0.3 is 5.32 Å². The number of carbonyl (C=O) groups excluding carboxylic acids is 1.